The van der Waals surface area contributed by atoms with Crippen LogP contribution in [0.5, 0.6) is 0 Å². The van der Waals surface area contributed by atoms with E-state index in [1.807, 2.05) is 30.0 Å². The van der Waals surface area contributed by atoms with Gasteiger partial charge in [0.25, 0.3) is 0 Å². The first-order chi connectivity index (χ1) is 11.6. The van der Waals surface area contributed by atoms with Crippen LogP contribution < -0.4 is 0 Å². The number of rotatable bonds is 5. The molecule has 1 aromatic carbocycles. The van der Waals surface area contributed by atoms with E-state index in [0.717, 1.165) is 42.4 Å². The Balaban J connectivity index is 1.58. The van der Waals surface area contributed by atoms with Crippen LogP contribution >= 0.6 is 11.8 Å². The van der Waals surface area contributed by atoms with Gasteiger partial charge in [0.2, 0.25) is 5.91 Å². The summed E-state index contributed by atoms with van der Waals surface area (Å²) in [6.45, 7) is 5.09. The van der Waals surface area contributed by atoms with Crippen LogP contribution in [0, 0.1) is 6.92 Å². The van der Waals surface area contributed by atoms with E-state index in [4.69, 9.17) is 0 Å². The van der Waals surface area contributed by atoms with Crippen LogP contribution in [-0.2, 0) is 11.2 Å². The molecule has 0 radical (unpaired) electrons. The summed E-state index contributed by atoms with van der Waals surface area (Å²) in [5.41, 5.74) is 3.39. The topological polar surface area (TPSA) is 49.0 Å². The van der Waals surface area contributed by atoms with Crippen molar-refractivity contribution < 1.29 is 4.79 Å². The Morgan fingerprint density at radius 1 is 1.33 bits per heavy atom. The number of nitrogens with zero attached hydrogens (tertiary/aromatic N) is 2. The Kier molecular flexibility index (Phi) is 5.61. The third-order valence-corrected chi connectivity index (χ3v) is 5.49. The lowest BCUT2D eigenvalue weighted by atomic mass is 10.0. The number of likely N-dealkylation sites (tertiary alicyclic amines) is 1. The van der Waals surface area contributed by atoms with Gasteiger partial charge in [-0.15, -0.1) is 0 Å². The van der Waals surface area contributed by atoms with Crippen molar-refractivity contribution in [3.05, 3.63) is 47.3 Å². The first kappa shape index (κ1) is 17.1. The fraction of sp³-hybridized carbons (Fsp3) is 0.474. The average molecular weight is 343 g/mol. The average Bonchev–Trinajstić information content (AvgIpc) is 2.94. The number of aryl methyl sites for hydroxylation is 1. The zero-order valence-electron chi connectivity index (χ0n) is 14.4. The third kappa shape index (κ3) is 4.20. The number of amides is 1. The molecule has 1 aliphatic rings. The van der Waals surface area contributed by atoms with E-state index in [1.54, 1.807) is 0 Å². The number of benzene rings is 1. The Bertz CT molecular complexity index is 683. The molecule has 1 atom stereocenters. The Morgan fingerprint density at radius 3 is 2.88 bits per heavy atom. The van der Waals surface area contributed by atoms with Gasteiger partial charge < -0.3 is 9.88 Å². The summed E-state index contributed by atoms with van der Waals surface area (Å²) >= 11 is 1.51. The lowest BCUT2D eigenvalue weighted by Gasteiger charge is -2.33. The van der Waals surface area contributed by atoms with Crippen LogP contribution in [0.15, 0.2) is 35.5 Å². The van der Waals surface area contributed by atoms with Gasteiger partial charge in [0.05, 0.1) is 11.4 Å². The number of nitrogens with one attached hydrogen (secondary N) is 1. The van der Waals surface area contributed by atoms with Crippen molar-refractivity contribution in [3.63, 3.8) is 0 Å². The van der Waals surface area contributed by atoms with E-state index in [1.165, 1.54) is 23.7 Å². The second kappa shape index (κ2) is 7.88. The fourth-order valence-corrected chi connectivity index (χ4v) is 4.00. The van der Waals surface area contributed by atoms with Crippen molar-refractivity contribution in [2.75, 3.05) is 12.3 Å². The number of carbonyl (C=O) groups is 1. The monoisotopic (exact) mass is 343 g/mol. The first-order valence-electron chi connectivity index (χ1n) is 8.65. The Morgan fingerprint density at radius 2 is 2.12 bits per heavy atom. The maximum atomic E-state index is 12.4. The molecule has 1 aromatic heterocycles. The summed E-state index contributed by atoms with van der Waals surface area (Å²) in [6, 6.07) is 10.7. The van der Waals surface area contributed by atoms with Gasteiger partial charge >= 0.3 is 0 Å². The normalized spacial score (nSPS) is 17.9. The quantitative estimate of drug-likeness (QED) is 0.840. The summed E-state index contributed by atoms with van der Waals surface area (Å²) in [4.78, 5) is 22.4. The molecule has 0 bridgehead atoms. The van der Waals surface area contributed by atoms with Crippen LogP contribution in [0.25, 0.3) is 0 Å². The zero-order valence-corrected chi connectivity index (χ0v) is 15.2. The summed E-state index contributed by atoms with van der Waals surface area (Å²) in [5.74, 6) is 0.688. The standard InChI is InChI=1S/C19H25N3OS/c1-14-8-6-7-11-22(14)18(23)13-24-19-20-15(2)17(21-19)12-16-9-4-3-5-10-16/h3-5,9-10,14H,6-8,11-13H2,1-2H3,(H,20,21)/t14-/m1/s1. The molecular formula is C19H25N3OS. The maximum absolute atomic E-state index is 12.4. The van der Waals surface area contributed by atoms with Gasteiger partial charge in [-0.05, 0) is 38.7 Å². The van der Waals surface area contributed by atoms with Crippen LogP contribution in [0.3, 0.4) is 0 Å². The highest BCUT2D eigenvalue weighted by molar-refractivity contribution is 7.99. The van der Waals surface area contributed by atoms with E-state index in [0.29, 0.717) is 11.8 Å². The highest BCUT2D eigenvalue weighted by atomic mass is 32.2. The van der Waals surface area contributed by atoms with Crippen molar-refractivity contribution in [1.29, 1.82) is 0 Å². The van der Waals surface area contributed by atoms with E-state index >= 15 is 0 Å². The molecule has 0 unspecified atom stereocenters. The minimum atomic E-state index is 0.228. The molecule has 24 heavy (non-hydrogen) atoms. The second-order valence-corrected chi connectivity index (χ2v) is 7.46. The number of hydrogen-bond donors (Lipinski definition) is 1. The van der Waals surface area contributed by atoms with Gasteiger partial charge in [-0.3, -0.25) is 4.79 Å². The number of aromatic nitrogens is 2. The van der Waals surface area contributed by atoms with Gasteiger partial charge in [0.1, 0.15) is 0 Å². The van der Waals surface area contributed by atoms with Crippen LogP contribution in [0.2, 0.25) is 0 Å². The number of carbonyl (C=O) groups excluding carboxylic acids is 1. The minimum Gasteiger partial charge on any atom is -0.339 e. The predicted molar refractivity (Wildman–Crippen MR) is 98.3 cm³/mol. The smallest absolute Gasteiger partial charge is 0.233 e. The Labute approximate surface area is 148 Å². The van der Waals surface area contributed by atoms with Crippen molar-refractivity contribution in [3.8, 4) is 0 Å². The zero-order chi connectivity index (χ0) is 16.9. The van der Waals surface area contributed by atoms with E-state index in [9.17, 15) is 4.79 Å². The SMILES string of the molecule is Cc1[nH]c(SCC(=O)N2CCCC[C@H]2C)nc1Cc1ccccc1. The van der Waals surface area contributed by atoms with Crippen LogP contribution in [0.4, 0.5) is 0 Å². The van der Waals surface area contributed by atoms with Crippen molar-refractivity contribution in [1.82, 2.24) is 14.9 Å². The Hall–Kier alpha value is -1.75. The molecule has 0 spiro atoms. The van der Waals surface area contributed by atoms with Gasteiger partial charge in [-0.2, -0.15) is 0 Å². The number of thioether (sulfide) groups is 1. The minimum absolute atomic E-state index is 0.228. The molecule has 5 heteroatoms. The fourth-order valence-electron chi connectivity index (χ4n) is 3.18. The summed E-state index contributed by atoms with van der Waals surface area (Å²) in [5, 5.41) is 0.844. The van der Waals surface area contributed by atoms with Crippen LogP contribution in [-0.4, -0.2) is 39.1 Å². The summed E-state index contributed by atoms with van der Waals surface area (Å²) in [7, 11) is 0. The number of H-pyrrole nitrogens is 1. The summed E-state index contributed by atoms with van der Waals surface area (Å²) < 4.78 is 0. The second-order valence-electron chi connectivity index (χ2n) is 6.50. The van der Waals surface area contributed by atoms with E-state index < -0.39 is 0 Å². The molecule has 1 N–H and O–H groups in total. The van der Waals surface area contributed by atoms with Crippen molar-refractivity contribution >= 4 is 17.7 Å². The summed E-state index contributed by atoms with van der Waals surface area (Å²) in [6.07, 6.45) is 4.30. The van der Waals surface area contributed by atoms with Gasteiger partial charge in [0, 0.05) is 24.7 Å². The number of aromatic amines is 1. The van der Waals surface area contributed by atoms with E-state index in [2.05, 4.69) is 29.0 Å². The van der Waals surface area contributed by atoms with Crippen molar-refractivity contribution in [2.24, 2.45) is 0 Å². The molecule has 0 aliphatic carbocycles. The molecule has 1 saturated heterocycles. The molecule has 128 valence electrons. The third-order valence-electron chi connectivity index (χ3n) is 4.63. The molecule has 2 aromatic rings. The lowest BCUT2D eigenvalue weighted by molar-refractivity contribution is -0.131. The first-order valence-corrected chi connectivity index (χ1v) is 9.63. The lowest BCUT2D eigenvalue weighted by Crippen LogP contribution is -2.42. The highest BCUT2D eigenvalue weighted by Crippen LogP contribution is 2.22. The maximum Gasteiger partial charge on any atom is 0.233 e. The number of hydrogen-bond acceptors (Lipinski definition) is 3. The molecular weight excluding hydrogens is 318 g/mol. The van der Waals surface area contributed by atoms with Gasteiger partial charge in [-0.1, -0.05) is 42.1 Å². The molecule has 0 saturated carbocycles. The van der Waals surface area contributed by atoms with Gasteiger partial charge in [-0.25, -0.2) is 4.98 Å². The molecule has 3 rings (SSSR count). The van der Waals surface area contributed by atoms with E-state index in [-0.39, 0.29) is 5.91 Å². The van der Waals surface area contributed by atoms with Crippen molar-refractivity contribution in [2.45, 2.75) is 50.7 Å². The predicted octanol–water partition coefficient (Wildman–Crippen LogP) is 3.80. The molecule has 4 nitrogen and oxygen atoms in total. The molecule has 1 amide bonds. The number of piperidine rings is 1. The molecule has 1 fully saturated rings. The largest absolute Gasteiger partial charge is 0.339 e. The molecule has 1 aliphatic heterocycles. The number of imidazole rings is 1. The van der Waals surface area contributed by atoms with Gasteiger partial charge in [0.15, 0.2) is 5.16 Å². The molecule has 2 heterocycles. The highest BCUT2D eigenvalue weighted by Gasteiger charge is 2.23. The van der Waals surface area contributed by atoms with Crippen LogP contribution in [0.1, 0.15) is 43.1 Å².